The number of morpholine rings is 1. The SMILES string of the molecule is CCNC(=NCC1CCCN1CC)N1CC2OCCN(Cc3ccccc3)C2C1. The fraction of sp³-hybridized carbons (Fsp3) is 0.696. The fourth-order valence-corrected chi connectivity index (χ4v) is 5.08. The summed E-state index contributed by atoms with van der Waals surface area (Å²) in [6, 6.07) is 11.8. The predicted molar refractivity (Wildman–Crippen MR) is 118 cm³/mol. The zero-order chi connectivity index (χ0) is 20.1. The van der Waals surface area contributed by atoms with Crippen LogP contribution >= 0.6 is 0 Å². The van der Waals surface area contributed by atoms with Gasteiger partial charge in [0.05, 0.1) is 25.3 Å². The zero-order valence-electron chi connectivity index (χ0n) is 18.1. The van der Waals surface area contributed by atoms with Crippen LogP contribution in [0.25, 0.3) is 0 Å². The third-order valence-electron chi connectivity index (χ3n) is 6.64. The first-order valence-electron chi connectivity index (χ1n) is 11.4. The summed E-state index contributed by atoms with van der Waals surface area (Å²) in [6.07, 6.45) is 2.85. The van der Waals surface area contributed by atoms with Gasteiger partial charge in [-0.3, -0.25) is 14.8 Å². The van der Waals surface area contributed by atoms with E-state index in [1.54, 1.807) is 0 Å². The highest BCUT2D eigenvalue weighted by molar-refractivity contribution is 5.80. The maximum atomic E-state index is 6.17. The molecule has 1 N–H and O–H groups in total. The third-order valence-corrected chi connectivity index (χ3v) is 6.64. The molecule has 0 aliphatic carbocycles. The van der Waals surface area contributed by atoms with Crippen LogP contribution in [-0.2, 0) is 11.3 Å². The Labute approximate surface area is 175 Å². The van der Waals surface area contributed by atoms with Crippen molar-refractivity contribution in [2.75, 3.05) is 52.4 Å². The number of hydrogen-bond acceptors (Lipinski definition) is 4. The number of nitrogens with one attached hydrogen (secondary N) is 1. The average Bonchev–Trinajstić information content (AvgIpc) is 3.39. The Hall–Kier alpha value is -1.63. The smallest absolute Gasteiger partial charge is 0.194 e. The maximum absolute atomic E-state index is 6.17. The Kier molecular flexibility index (Phi) is 7.06. The van der Waals surface area contributed by atoms with Gasteiger partial charge in [-0.25, -0.2) is 0 Å². The molecule has 1 aromatic rings. The van der Waals surface area contributed by atoms with Gasteiger partial charge in [0.15, 0.2) is 5.96 Å². The van der Waals surface area contributed by atoms with E-state index in [0.717, 1.165) is 58.4 Å². The second-order valence-electron chi connectivity index (χ2n) is 8.46. The Morgan fingerprint density at radius 1 is 1.14 bits per heavy atom. The average molecular weight is 400 g/mol. The topological polar surface area (TPSA) is 43.3 Å². The molecule has 3 aliphatic rings. The van der Waals surface area contributed by atoms with E-state index in [-0.39, 0.29) is 6.10 Å². The lowest BCUT2D eigenvalue weighted by molar-refractivity contribution is -0.0502. The second kappa shape index (κ2) is 9.92. The Morgan fingerprint density at radius 2 is 2.00 bits per heavy atom. The van der Waals surface area contributed by atoms with Crippen molar-refractivity contribution in [1.82, 2.24) is 20.0 Å². The summed E-state index contributed by atoms with van der Waals surface area (Å²) in [5, 5.41) is 3.54. The number of guanidine groups is 1. The fourth-order valence-electron chi connectivity index (χ4n) is 5.08. The maximum Gasteiger partial charge on any atom is 0.194 e. The molecule has 6 heteroatoms. The molecule has 0 spiro atoms. The summed E-state index contributed by atoms with van der Waals surface area (Å²) in [5.41, 5.74) is 1.38. The Morgan fingerprint density at radius 3 is 2.79 bits per heavy atom. The van der Waals surface area contributed by atoms with E-state index in [4.69, 9.17) is 9.73 Å². The number of nitrogens with zero attached hydrogens (tertiary/aromatic N) is 4. The van der Waals surface area contributed by atoms with Gasteiger partial charge in [-0.2, -0.15) is 0 Å². The number of benzene rings is 1. The molecule has 0 aromatic heterocycles. The van der Waals surface area contributed by atoms with Gasteiger partial charge >= 0.3 is 0 Å². The van der Waals surface area contributed by atoms with Crippen LogP contribution in [0.15, 0.2) is 35.3 Å². The summed E-state index contributed by atoms with van der Waals surface area (Å²) in [5.74, 6) is 1.06. The molecule has 29 heavy (non-hydrogen) atoms. The summed E-state index contributed by atoms with van der Waals surface area (Å²) >= 11 is 0. The van der Waals surface area contributed by atoms with Crippen molar-refractivity contribution >= 4 is 5.96 Å². The van der Waals surface area contributed by atoms with Gasteiger partial charge in [0.25, 0.3) is 0 Å². The van der Waals surface area contributed by atoms with E-state index in [0.29, 0.717) is 12.1 Å². The van der Waals surface area contributed by atoms with Crippen LogP contribution in [0.5, 0.6) is 0 Å². The molecular weight excluding hydrogens is 362 g/mol. The molecule has 0 amide bonds. The van der Waals surface area contributed by atoms with Crippen LogP contribution in [0.1, 0.15) is 32.3 Å². The van der Waals surface area contributed by atoms with E-state index < -0.39 is 0 Å². The molecule has 0 radical (unpaired) electrons. The van der Waals surface area contributed by atoms with E-state index in [1.165, 1.54) is 24.9 Å². The predicted octanol–water partition coefficient (Wildman–Crippen LogP) is 2.02. The normalized spacial score (nSPS) is 28.7. The zero-order valence-corrected chi connectivity index (χ0v) is 18.1. The highest BCUT2D eigenvalue weighted by Gasteiger charge is 2.41. The van der Waals surface area contributed by atoms with Gasteiger partial charge in [0.2, 0.25) is 0 Å². The summed E-state index contributed by atoms with van der Waals surface area (Å²) in [7, 11) is 0. The molecular formula is C23H37N5O. The minimum Gasteiger partial charge on any atom is -0.373 e. The van der Waals surface area contributed by atoms with Crippen molar-refractivity contribution in [3.05, 3.63) is 35.9 Å². The van der Waals surface area contributed by atoms with E-state index in [1.807, 2.05) is 0 Å². The number of likely N-dealkylation sites (tertiary alicyclic amines) is 2. The minimum absolute atomic E-state index is 0.273. The van der Waals surface area contributed by atoms with E-state index in [2.05, 4.69) is 64.2 Å². The molecule has 3 unspecified atom stereocenters. The number of ether oxygens (including phenoxy) is 1. The first-order chi connectivity index (χ1) is 14.3. The van der Waals surface area contributed by atoms with Crippen LogP contribution < -0.4 is 5.32 Å². The van der Waals surface area contributed by atoms with Gasteiger partial charge in [-0.15, -0.1) is 0 Å². The van der Waals surface area contributed by atoms with E-state index in [9.17, 15) is 0 Å². The number of hydrogen-bond donors (Lipinski definition) is 1. The molecule has 1 aromatic carbocycles. The van der Waals surface area contributed by atoms with Crippen molar-refractivity contribution in [2.24, 2.45) is 4.99 Å². The highest BCUT2D eigenvalue weighted by atomic mass is 16.5. The van der Waals surface area contributed by atoms with Gasteiger partial charge in [-0.05, 0) is 38.4 Å². The summed E-state index contributed by atoms with van der Waals surface area (Å²) in [6.45, 7) is 13.3. The lowest BCUT2D eigenvalue weighted by atomic mass is 10.1. The van der Waals surface area contributed by atoms with Crippen molar-refractivity contribution in [2.45, 2.75) is 51.4 Å². The molecule has 3 atom stereocenters. The van der Waals surface area contributed by atoms with Crippen molar-refractivity contribution in [1.29, 1.82) is 0 Å². The van der Waals surface area contributed by atoms with Crippen LogP contribution in [-0.4, -0.2) is 91.3 Å². The quantitative estimate of drug-likeness (QED) is 0.586. The van der Waals surface area contributed by atoms with Crippen LogP contribution in [0.4, 0.5) is 0 Å². The molecule has 0 saturated carbocycles. The Balaban J connectivity index is 1.41. The van der Waals surface area contributed by atoms with Gasteiger partial charge in [0, 0.05) is 38.8 Å². The molecule has 3 fully saturated rings. The molecule has 3 heterocycles. The minimum atomic E-state index is 0.273. The highest BCUT2D eigenvalue weighted by Crippen LogP contribution is 2.25. The van der Waals surface area contributed by atoms with Crippen LogP contribution in [0, 0.1) is 0 Å². The molecule has 4 rings (SSSR count). The monoisotopic (exact) mass is 399 g/mol. The van der Waals surface area contributed by atoms with Gasteiger partial charge < -0.3 is 15.0 Å². The van der Waals surface area contributed by atoms with Crippen molar-refractivity contribution < 1.29 is 4.74 Å². The number of aliphatic imine (C=N–C) groups is 1. The van der Waals surface area contributed by atoms with Gasteiger partial charge in [-0.1, -0.05) is 37.3 Å². The second-order valence-corrected chi connectivity index (χ2v) is 8.46. The molecule has 160 valence electrons. The molecule has 3 saturated heterocycles. The van der Waals surface area contributed by atoms with E-state index >= 15 is 0 Å². The summed E-state index contributed by atoms with van der Waals surface area (Å²) < 4.78 is 6.17. The van der Waals surface area contributed by atoms with Crippen LogP contribution in [0.3, 0.4) is 0 Å². The Bertz CT molecular complexity index is 666. The number of rotatable bonds is 6. The lowest BCUT2D eigenvalue weighted by Crippen LogP contribution is -2.50. The first kappa shape index (κ1) is 20.6. The number of likely N-dealkylation sites (N-methyl/N-ethyl adjacent to an activating group) is 1. The molecule has 0 bridgehead atoms. The number of fused-ring (bicyclic) bond motifs is 1. The lowest BCUT2D eigenvalue weighted by Gasteiger charge is -2.36. The van der Waals surface area contributed by atoms with Crippen LogP contribution in [0.2, 0.25) is 0 Å². The van der Waals surface area contributed by atoms with Crippen molar-refractivity contribution in [3.8, 4) is 0 Å². The largest absolute Gasteiger partial charge is 0.373 e. The molecule has 6 nitrogen and oxygen atoms in total. The van der Waals surface area contributed by atoms with Gasteiger partial charge in [0.1, 0.15) is 0 Å². The molecule has 3 aliphatic heterocycles. The summed E-state index contributed by atoms with van der Waals surface area (Å²) in [4.78, 5) is 12.7. The standard InChI is InChI=1S/C23H37N5O/c1-3-24-23(25-15-20-11-8-12-26(20)4-2)28-17-21-22(18-28)29-14-13-27(21)16-19-9-6-5-7-10-19/h5-7,9-10,20-22H,3-4,8,11-18H2,1-2H3,(H,24,25). The first-order valence-corrected chi connectivity index (χ1v) is 11.4. The third kappa shape index (κ3) is 4.93. The van der Waals surface area contributed by atoms with Crippen molar-refractivity contribution in [3.63, 3.8) is 0 Å².